The maximum Gasteiger partial charge on any atom is 0.0896 e. The Labute approximate surface area is 207 Å². The molecule has 1 aliphatic rings. The second kappa shape index (κ2) is 10.4. The lowest BCUT2D eigenvalue weighted by molar-refractivity contribution is 0.264. The molecule has 1 fully saturated rings. The van der Waals surface area contributed by atoms with Crippen LogP contribution in [0.5, 0.6) is 0 Å². The van der Waals surface area contributed by atoms with Gasteiger partial charge in [0.25, 0.3) is 0 Å². The number of hydrogen-bond acceptors (Lipinski definition) is 6. The van der Waals surface area contributed by atoms with Crippen LogP contribution in [0.25, 0.3) is 33.6 Å². The van der Waals surface area contributed by atoms with E-state index in [1.54, 1.807) is 6.20 Å². The Bertz CT molecular complexity index is 1270. The van der Waals surface area contributed by atoms with Gasteiger partial charge >= 0.3 is 0 Å². The summed E-state index contributed by atoms with van der Waals surface area (Å²) >= 11 is 0. The highest BCUT2D eigenvalue weighted by atomic mass is 15.2. The minimum atomic E-state index is 0.370. The highest BCUT2D eigenvalue weighted by Gasteiger charge is 2.23. The van der Waals surface area contributed by atoms with Gasteiger partial charge in [-0.15, -0.1) is 0 Å². The van der Waals surface area contributed by atoms with Crippen molar-refractivity contribution in [2.75, 3.05) is 27.2 Å². The molecule has 4 aromatic rings. The quantitative estimate of drug-likeness (QED) is 0.435. The largest absolute Gasteiger partial charge is 0.325 e. The van der Waals surface area contributed by atoms with Crippen molar-refractivity contribution in [1.82, 2.24) is 24.8 Å². The topological polar surface area (TPSA) is 71.2 Å². The molecule has 3 aromatic heterocycles. The Kier molecular flexibility index (Phi) is 6.95. The Morgan fingerprint density at radius 3 is 2.40 bits per heavy atom. The molecule has 1 saturated heterocycles. The molecule has 35 heavy (non-hydrogen) atoms. The van der Waals surface area contributed by atoms with Crippen LogP contribution in [0.3, 0.4) is 0 Å². The molecule has 0 radical (unpaired) electrons. The van der Waals surface area contributed by atoms with Crippen molar-refractivity contribution in [3.05, 3.63) is 90.5 Å². The van der Waals surface area contributed by atoms with E-state index in [1.165, 1.54) is 12.0 Å². The van der Waals surface area contributed by atoms with Crippen LogP contribution in [0.4, 0.5) is 0 Å². The van der Waals surface area contributed by atoms with Crippen molar-refractivity contribution in [2.45, 2.75) is 25.6 Å². The van der Waals surface area contributed by atoms with E-state index >= 15 is 0 Å². The number of nitrogens with two attached hydrogens (primary N) is 1. The van der Waals surface area contributed by atoms with Gasteiger partial charge in [-0.3, -0.25) is 14.9 Å². The van der Waals surface area contributed by atoms with Gasteiger partial charge < -0.3 is 10.6 Å². The monoisotopic (exact) mass is 464 g/mol. The van der Waals surface area contributed by atoms with Crippen LogP contribution in [0, 0.1) is 0 Å². The lowest BCUT2D eigenvalue weighted by atomic mass is 10.00. The van der Waals surface area contributed by atoms with Gasteiger partial charge in [0, 0.05) is 61.9 Å². The zero-order chi connectivity index (χ0) is 24.2. The first-order valence-corrected chi connectivity index (χ1v) is 12.1. The molecule has 6 nitrogen and oxygen atoms in total. The normalized spacial score (nSPS) is 16.2. The smallest absolute Gasteiger partial charge is 0.0896 e. The van der Waals surface area contributed by atoms with Crippen molar-refractivity contribution < 1.29 is 0 Å². The molecular weight excluding hydrogens is 432 g/mol. The number of nitrogens with zero attached hydrogens (tertiary/aromatic N) is 5. The van der Waals surface area contributed by atoms with E-state index in [-0.39, 0.29) is 0 Å². The highest BCUT2D eigenvalue weighted by molar-refractivity contribution is 5.74. The van der Waals surface area contributed by atoms with E-state index in [4.69, 9.17) is 5.73 Å². The SMILES string of the molecule is CN(C)[C@H]1CCN(Cc2ccc(-c3cncc(-c4cc(CN)nc(-c5ccccn5)c4)c3)cc2)C1. The van der Waals surface area contributed by atoms with Crippen molar-refractivity contribution in [3.63, 3.8) is 0 Å². The summed E-state index contributed by atoms with van der Waals surface area (Å²) in [6.45, 7) is 3.67. The zero-order valence-electron chi connectivity index (χ0n) is 20.4. The maximum atomic E-state index is 5.96. The van der Waals surface area contributed by atoms with Gasteiger partial charge in [0.2, 0.25) is 0 Å². The molecule has 1 aromatic carbocycles. The third-order valence-corrected chi connectivity index (χ3v) is 6.76. The summed E-state index contributed by atoms with van der Waals surface area (Å²) < 4.78 is 0. The molecule has 1 aliphatic heterocycles. The zero-order valence-corrected chi connectivity index (χ0v) is 20.4. The van der Waals surface area contributed by atoms with Crippen molar-refractivity contribution in [3.8, 4) is 33.6 Å². The minimum Gasteiger partial charge on any atom is -0.325 e. The Balaban J connectivity index is 1.37. The summed E-state index contributed by atoms with van der Waals surface area (Å²) in [5, 5.41) is 0. The predicted octanol–water partition coefficient (Wildman–Crippen LogP) is 4.47. The van der Waals surface area contributed by atoms with Crippen LogP contribution in [-0.2, 0) is 13.1 Å². The van der Waals surface area contributed by atoms with Crippen LogP contribution < -0.4 is 5.73 Å². The van der Waals surface area contributed by atoms with E-state index in [9.17, 15) is 0 Å². The van der Waals surface area contributed by atoms with Crippen LogP contribution in [0.15, 0.2) is 79.3 Å². The third kappa shape index (κ3) is 5.46. The summed E-state index contributed by atoms with van der Waals surface area (Å²) in [7, 11) is 4.35. The minimum absolute atomic E-state index is 0.370. The molecule has 0 aliphatic carbocycles. The number of likely N-dealkylation sites (N-methyl/N-ethyl adjacent to an activating group) is 1. The Morgan fingerprint density at radius 1 is 0.914 bits per heavy atom. The molecule has 4 heterocycles. The van der Waals surface area contributed by atoms with Crippen LogP contribution >= 0.6 is 0 Å². The van der Waals surface area contributed by atoms with Gasteiger partial charge in [-0.1, -0.05) is 30.3 Å². The fraction of sp³-hybridized carbons (Fsp3) is 0.276. The van der Waals surface area contributed by atoms with Gasteiger partial charge in [-0.2, -0.15) is 0 Å². The fourth-order valence-corrected chi connectivity index (χ4v) is 4.70. The maximum absolute atomic E-state index is 5.96. The lowest BCUT2D eigenvalue weighted by Crippen LogP contribution is -2.31. The summed E-state index contributed by atoms with van der Waals surface area (Å²) in [6, 6.07) is 21.7. The van der Waals surface area contributed by atoms with Crippen molar-refractivity contribution in [1.29, 1.82) is 0 Å². The van der Waals surface area contributed by atoms with E-state index in [0.29, 0.717) is 12.6 Å². The van der Waals surface area contributed by atoms with E-state index in [0.717, 1.165) is 59.0 Å². The first kappa shape index (κ1) is 23.3. The summed E-state index contributed by atoms with van der Waals surface area (Å²) in [6.07, 6.45) is 6.84. The molecule has 0 bridgehead atoms. The number of pyridine rings is 3. The first-order valence-electron chi connectivity index (χ1n) is 12.1. The molecule has 0 amide bonds. The number of aromatic nitrogens is 3. The molecular formula is C29H32N6. The number of benzene rings is 1. The molecule has 6 heteroatoms. The van der Waals surface area contributed by atoms with E-state index in [1.807, 2.05) is 36.7 Å². The predicted molar refractivity (Wildman–Crippen MR) is 141 cm³/mol. The second-order valence-corrected chi connectivity index (χ2v) is 9.45. The second-order valence-electron chi connectivity index (χ2n) is 9.45. The van der Waals surface area contributed by atoms with Gasteiger partial charge in [0.15, 0.2) is 0 Å². The molecule has 0 unspecified atom stereocenters. The van der Waals surface area contributed by atoms with Gasteiger partial charge in [0.05, 0.1) is 17.1 Å². The van der Waals surface area contributed by atoms with Crippen LogP contribution in [0.1, 0.15) is 17.7 Å². The number of likely N-dealkylation sites (tertiary alicyclic amines) is 1. The number of hydrogen-bond donors (Lipinski definition) is 1. The highest BCUT2D eigenvalue weighted by Crippen LogP contribution is 2.29. The van der Waals surface area contributed by atoms with Crippen LogP contribution in [0.2, 0.25) is 0 Å². The van der Waals surface area contributed by atoms with E-state index in [2.05, 4.69) is 75.2 Å². The van der Waals surface area contributed by atoms with Gasteiger partial charge in [-0.05, 0) is 67.5 Å². The molecule has 2 N–H and O–H groups in total. The molecule has 178 valence electrons. The first-order chi connectivity index (χ1) is 17.1. The van der Waals surface area contributed by atoms with Crippen molar-refractivity contribution in [2.24, 2.45) is 5.73 Å². The number of rotatable bonds is 7. The average molecular weight is 465 g/mol. The van der Waals surface area contributed by atoms with E-state index < -0.39 is 0 Å². The summed E-state index contributed by atoms with van der Waals surface area (Å²) in [4.78, 5) is 18.6. The Morgan fingerprint density at radius 2 is 1.71 bits per heavy atom. The van der Waals surface area contributed by atoms with Crippen LogP contribution in [-0.4, -0.2) is 58.0 Å². The molecule has 5 rings (SSSR count). The molecule has 0 spiro atoms. The average Bonchev–Trinajstić information content (AvgIpc) is 3.38. The molecule has 0 saturated carbocycles. The molecule has 1 atom stereocenters. The fourth-order valence-electron chi connectivity index (χ4n) is 4.70. The standard InChI is InChI=1S/C29H32N6/c1-34(2)27-10-12-35(20-27)19-21-6-8-22(9-7-21)24-13-25(18-31-17-24)23-14-26(16-30)33-29(15-23)28-5-3-4-11-32-28/h3-9,11,13-15,17-18,27H,10,12,16,19-20,30H2,1-2H3/t27-/m0/s1. The third-order valence-electron chi connectivity index (χ3n) is 6.76. The van der Waals surface area contributed by atoms with Crippen molar-refractivity contribution >= 4 is 0 Å². The lowest BCUT2D eigenvalue weighted by Gasteiger charge is -2.20. The summed E-state index contributed by atoms with van der Waals surface area (Å²) in [5.74, 6) is 0. The van der Waals surface area contributed by atoms with Gasteiger partial charge in [-0.25, -0.2) is 4.98 Å². The Hall–Kier alpha value is -3.45. The van der Waals surface area contributed by atoms with Gasteiger partial charge in [0.1, 0.15) is 0 Å². The summed E-state index contributed by atoms with van der Waals surface area (Å²) in [5.41, 5.74) is 14.1.